The zero-order valence-electron chi connectivity index (χ0n) is 11.9. The van der Waals surface area contributed by atoms with Crippen LogP contribution in [-0.2, 0) is 11.3 Å². The molecule has 0 aliphatic carbocycles. The monoisotopic (exact) mass is 250 g/mol. The molecule has 1 rings (SSSR count). The van der Waals surface area contributed by atoms with Crippen LogP contribution in [0.1, 0.15) is 45.7 Å². The maximum atomic E-state index is 5.70. The summed E-state index contributed by atoms with van der Waals surface area (Å²) in [5.41, 5.74) is 1.000. The van der Waals surface area contributed by atoms with E-state index < -0.39 is 0 Å². The van der Waals surface area contributed by atoms with Crippen molar-refractivity contribution in [2.24, 2.45) is 5.92 Å². The molecular formula is C15H26N2O. The molecule has 1 aromatic heterocycles. The maximum Gasteiger partial charge on any atom is 0.126 e. The number of nitrogens with one attached hydrogen (secondary N) is 1. The molecule has 1 unspecified atom stereocenters. The van der Waals surface area contributed by atoms with E-state index in [0.29, 0.717) is 12.5 Å². The number of nitrogens with zero attached hydrogens (tertiary/aromatic N) is 1. The lowest BCUT2D eigenvalue weighted by molar-refractivity contribution is 0.0873. The third kappa shape index (κ3) is 6.01. The van der Waals surface area contributed by atoms with Crippen LogP contribution in [0, 0.1) is 5.92 Å². The van der Waals surface area contributed by atoms with Gasteiger partial charge in [0.05, 0.1) is 12.3 Å². The summed E-state index contributed by atoms with van der Waals surface area (Å²) in [7, 11) is 0. The topological polar surface area (TPSA) is 34.1 Å². The van der Waals surface area contributed by atoms with Crippen molar-refractivity contribution in [3.8, 4) is 0 Å². The van der Waals surface area contributed by atoms with Crippen molar-refractivity contribution in [3.05, 3.63) is 23.9 Å². The standard InChI is InChI=1S/C15H26N2O/c1-4-7-13(3)11-18-12-14-8-6-9-15(17-14)16-10-5-2/h6,8-9,13H,4-5,7,10-12H2,1-3H3,(H,16,17). The van der Waals surface area contributed by atoms with Crippen LogP contribution in [0.15, 0.2) is 18.2 Å². The Balaban J connectivity index is 2.33. The molecule has 0 aromatic carbocycles. The fourth-order valence-corrected chi connectivity index (χ4v) is 1.85. The highest BCUT2D eigenvalue weighted by Crippen LogP contribution is 2.09. The quantitative estimate of drug-likeness (QED) is 0.722. The summed E-state index contributed by atoms with van der Waals surface area (Å²) >= 11 is 0. The summed E-state index contributed by atoms with van der Waals surface area (Å²) in [6.45, 7) is 8.98. The number of hydrogen-bond donors (Lipinski definition) is 1. The largest absolute Gasteiger partial charge is 0.375 e. The third-order valence-electron chi connectivity index (χ3n) is 2.80. The van der Waals surface area contributed by atoms with Gasteiger partial charge >= 0.3 is 0 Å². The number of hydrogen-bond acceptors (Lipinski definition) is 3. The first-order chi connectivity index (χ1) is 8.76. The molecule has 3 nitrogen and oxygen atoms in total. The summed E-state index contributed by atoms with van der Waals surface area (Å²) in [6, 6.07) is 6.04. The van der Waals surface area contributed by atoms with E-state index in [2.05, 4.69) is 31.1 Å². The molecule has 18 heavy (non-hydrogen) atoms. The fraction of sp³-hybridized carbons (Fsp3) is 0.667. The smallest absolute Gasteiger partial charge is 0.126 e. The lowest BCUT2D eigenvalue weighted by atomic mass is 10.1. The van der Waals surface area contributed by atoms with Gasteiger partial charge in [0, 0.05) is 13.2 Å². The van der Waals surface area contributed by atoms with Crippen LogP contribution in [0.3, 0.4) is 0 Å². The highest BCUT2D eigenvalue weighted by Gasteiger charge is 2.02. The van der Waals surface area contributed by atoms with Crippen LogP contribution in [0.2, 0.25) is 0 Å². The van der Waals surface area contributed by atoms with Crippen molar-refractivity contribution in [3.63, 3.8) is 0 Å². The van der Waals surface area contributed by atoms with E-state index in [-0.39, 0.29) is 0 Å². The van der Waals surface area contributed by atoms with Crippen molar-refractivity contribution in [2.75, 3.05) is 18.5 Å². The number of aromatic nitrogens is 1. The van der Waals surface area contributed by atoms with Crippen molar-refractivity contribution < 1.29 is 4.74 Å². The molecular weight excluding hydrogens is 224 g/mol. The molecule has 1 N–H and O–H groups in total. The lowest BCUT2D eigenvalue weighted by Crippen LogP contribution is -2.07. The summed E-state index contributed by atoms with van der Waals surface area (Å²) in [4.78, 5) is 4.52. The molecule has 0 bridgehead atoms. The second kappa shape index (κ2) is 8.92. The second-order valence-corrected chi connectivity index (χ2v) is 4.85. The average molecular weight is 250 g/mol. The van der Waals surface area contributed by atoms with Crippen molar-refractivity contribution in [1.82, 2.24) is 4.98 Å². The van der Waals surface area contributed by atoms with E-state index in [4.69, 9.17) is 4.74 Å². The van der Waals surface area contributed by atoms with E-state index in [9.17, 15) is 0 Å². The normalized spacial score (nSPS) is 12.4. The minimum absolute atomic E-state index is 0.607. The zero-order valence-corrected chi connectivity index (χ0v) is 11.9. The molecule has 0 amide bonds. The Morgan fingerprint density at radius 3 is 2.83 bits per heavy atom. The van der Waals surface area contributed by atoms with Gasteiger partial charge in [0.2, 0.25) is 0 Å². The first kappa shape index (κ1) is 15.0. The van der Waals surface area contributed by atoms with Crippen LogP contribution in [0.25, 0.3) is 0 Å². The molecule has 1 atom stereocenters. The van der Waals surface area contributed by atoms with E-state index in [1.807, 2.05) is 18.2 Å². The Hall–Kier alpha value is -1.09. The minimum Gasteiger partial charge on any atom is -0.375 e. The molecule has 1 heterocycles. The Labute approximate surface area is 111 Å². The molecule has 0 saturated heterocycles. The molecule has 1 aromatic rings. The summed E-state index contributed by atoms with van der Waals surface area (Å²) in [6.07, 6.45) is 3.56. The molecule has 0 spiro atoms. The van der Waals surface area contributed by atoms with E-state index in [0.717, 1.165) is 31.1 Å². The number of rotatable bonds is 9. The maximum absolute atomic E-state index is 5.70. The van der Waals surface area contributed by atoms with Gasteiger partial charge in [-0.1, -0.05) is 33.3 Å². The zero-order chi connectivity index (χ0) is 13.2. The second-order valence-electron chi connectivity index (χ2n) is 4.85. The molecule has 0 saturated carbocycles. The van der Waals surface area contributed by atoms with Crippen molar-refractivity contribution in [2.45, 2.75) is 46.6 Å². The fourth-order valence-electron chi connectivity index (χ4n) is 1.85. The first-order valence-electron chi connectivity index (χ1n) is 7.03. The highest BCUT2D eigenvalue weighted by molar-refractivity contribution is 5.34. The van der Waals surface area contributed by atoms with E-state index in [1.54, 1.807) is 0 Å². The van der Waals surface area contributed by atoms with Gasteiger partial charge in [0.15, 0.2) is 0 Å². The predicted molar refractivity (Wildman–Crippen MR) is 76.7 cm³/mol. The number of pyridine rings is 1. The SMILES string of the molecule is CCCNc1cccc(COCC(C)CCC)n1. The average Bonchev–Trinajstić information content (AvgIpc) is 2.37. The number of ether oxygens (including phenoxy) is 1. The van der Waals surface area contributed by atoms with Gasteiger partial charge in [-0.2, -0.15) is 0 Å². The van der Waals surface area contributed by atoms with Gasteiger partial charge in [-0.15, -0.1) is 0 Å². The molecule has 0 aliphatic rings. The van der Waals surface area contributed by atoms with Gasteiger partial charge in [0.1, 0.15) is 5.82 Å². The molecule has 0 aliphatic heterocycles. The molecule has 3 heteroatoms. The molecule has 0 fully saturated rings. The summed E-state index contributed by atoms with van der Waals surface area (Å²) in [5, 5.41) is 3.29. The Morgan fingerprint density at radius 1 is 1.28 bits per heavy atom. The van der Waals surface area contributed by atoms with Gasteiger partial charge in [0.25, 0.3) is 0 Å². The molecule has 102 valence electrons. The van der Waals surface area contributed by atoms with Gasteiger partial charge in [-0.25, -0.2) is 4.98 Å². The molecule has 0 radical (unpaired) electrons. The van der Waals surface area contributed by atoms with Crippen molar-refractivity contribution >= 4 is 5.82 Å². The highest BCUT2D eigenvalue weighted by atomic mass is 16.5. The van der Waals surface area contributed by atoms with Crippen LogP contribution >= 0.6 is 0 Å². The summed E-state index contributed by atoms with van der Waals surface area (Å²) in [5.74, 6) is 1.58. The predicted octanol–water partition coefficient (Wildman–Crippen LogP) is 3.86. The Bertz CT molecular complexity index is 328. The Kier molecular flexibility index (Phi) is 7.42. The van der Waals surface area contributed by atoms with Gasteiger partial charge < -0.3 is 10.1 Å². The number of anilines is 1. The van der Waals surface area contributed by atoms with E-state index in [1.165, 1.54) is 12.8 Å². The Morgan fingerprint density at radius 2 is 2.11 bits per heavy atom. The first-order valence-corrected chi connectivity index (χ1v) is 7.03. The third-order valence-corrected chi connectivity index (χ3v) is 2.80. The van der Waals surface area contributed by atoms with Gasteiger partial charge in [-0.3, -0.25) is 0 Å². The van der Waals surface area contributed by atoms with Crippen LogP contribution in [0.4, 0.5) is 5.82 Å². The summed E-state index contributed by atoms with van der Waals surface area (Å²) < 4.78 is 5.70. The minimum atomic E-state index is 0.607. The van der Waals surface area contributed by atoms with Crippen LogP contribution in [0.5, 0.6) is 0 Å². The van der Waals surface area contributed by atoms with Crippen molar-refractivity contribution in [1.29, 1.82) is 0 Å². The van der Waals surface area contributed by atoms with E-state index >= 15 is 0 Å². The van der Waals surface area contributed by atoms with Gasteiger partial charge in [-0.05, 0) is 30.9 Å². The lowest BCUT2D eigenvalue weighted by Gasteiger charge is -2.11. The van der Waals surface area contributed by atoms with Crippen LogP contribution in [-0.4, -0.2) is 18.1 Å². The van der Waals surface area contributed by atoms with Crippen LogP contribution < -0.4 is 5.32 Å².